The molecule has 26 heavy (non-hydrogen) atoms. The van der Waals surface area contributed by atoms with Crippen LogP contribution in [0, 0.1) is 5.82 Å². The molecule has 2 aromatic heterocycles. The molecule has 0 aliphatic carbocycles. The number of aromatic nitrogens is 4. The molecule has 1 N–H and O–H groups in total. The Bertz CT molecular complexity index is 1000. The first kappa shape index (κ1) is 18.1. The molecule has 0 saturated carbocycles. The third-order valence-electron chi connectivity index (χ3n) is 3.46. The maximum Gasteiger partial charge on any atom is 0.352 e. The molecule has 0 spiro atoms. The predicted octanol–water partition coefficient (Wildman–Crippen LogP) is 2.19. The Morgan fingerprint density at radius 3 is 2.73 bits per heavy atom. The third-order valence-corrected chi connectivity index (χ3v) is 3.99. The van der Waals surface area contributed by atoms with Gasteiger partial charge < -0.3 is 5.32 Å². The molecule has 10 heteroatoms. The number of carbonyl (C=O) groups excluding carboxylic acids is 1. The second-order valence-corrected chi connectivity index (χ2v) is 6.14. The fourth-order valence-electron chi connectivity index (χ4n) is 2.16. The van der Waals surface area contributed by atoms with E-state index >= 15 is 0 Å². The summed E-state index contributed by atoms with van der Waals surface area (Å²) >= 11 is 11.4. The number of carbonyl (C=O) groups is 1. The smallest absolute Gasteiger partial charge is 0.350 e. The van der Waals surface area contributed by atoms with E-state index in [2.05, 4.69) is 15.4 Å². The van der Waals surface area contributed by atoms with Gasteiger partial charge in [-0.05, 0) is 29.8 Å². The predicted molar refractivity (Wildman–Crippen MR) is 93.9 cm³/mol. The summed E-state index contributed by atoms with van der Waals surface area (Å²) in [5.41, 5.74) is 0.0241. The van der Waals surface area contributed by atoms with Crippen molar-refractivity contribution in [3.05, 3.63) is 74.8 Å². The molecule has 3 rings (SSSR count). The lowest BCUT2D eigenvalue weighted by Gasteiger charge is -2.06. The van der Waals surface area contributed by atoms with Crippen LogP contribution in [-0.2, 0) is 17.9 Å². The molecule has 0 unspecified atom stereocenters. The van der Waals surface area contributed by atoms with Gasteiger partial charge in [-0.1, -0.05) is 29.3 Å². The first-order valence-electron chi connectivity index (χ1n) is 7.41. The Labute approximate surface area is 157 Å². The van der Waals surface area contributed by atoms with E-state index in [1.165, 1.54) is 29.2 Å². The number of pyridine rings is 1. The molecule has 0 radical (unpaired) electrons. The van der Waals surface area contributed by atoms with Gasteiger partial charge in [0.25, 0.3) is 0 Å². The molecule has 0 aliphatic heterocycles. The standard InChI is InChI=1S/C16H12Cl2FN5O2/c17-11-2-4-14(20-7-11)23-9-22-24(16(23)26)8-15(25)21-6-10-1-3-12(18)13(19)5-10/h1-5,7,9H,6,8H2,(H,21,25). The van der Waals surface area contributed by atoms with E-state index in [-0.39, 0.29) is 18.1 Å². The number of rotatable bonds is 5. The minimum Gasteiger partial charge on any atom is -0.350 e. The first-order chi connectivity index (χ1) is 12.4. The average molecular weight is 396 g/mol. The summed E-state index contributed by atoms with van der Waals surface area (Å²) in [7, 11) is 0. The average Bonchev–Trinajstić information content (AvgIpc) is 2.97. The van der Waals surface area contributed by atoms with Gasteiger partial charge in [0.1, 0.15) is 24.5 Å². The van der Waals surface area contributed by atoms with Crippen molar-refractivity contribution in [2.45, 2.75) is 13.1 Å². The van der Waals surface area contributed by atoms with Gasteiger partial charge in [-0.15, -0.1) is 0 Å². The summed E-state index contributed by atoms with van der Waals surface area (Å²) in [6.07, 6.45) is 2.67. The van der Waals surface area contributed by atoms with Gasteiger partial charge >= 0.3 is 5.69 Å². The topological polar surface area (TPSA) is 81.8 Å². The Balaban J connectivity index is 1.65. The number of hydrogen-bond acceptors (Lipinski definition) is 4. The highest BCUT2D eigenvalue weighted by atomic mass is 35.5. The Morgan fingerprint density at radius 1 is 1.23 bits per heavy atom. The van der Waals surface area contributed by atoms with Crippen LogP contribution < -0.4 is 11.0 Å². The van der Waals surface area contributed by atoms with Crippen LogP contribution in [0.15, 0.2) is 47.7 Å². The minimum absolute atomic E-state index is 0.00739. The molecule has 0 bridgehead atoms. The molecule has 1 aromatic carbocycles. The monoisotopic (exact) mass is 395 g/mol. The lowest BCUT2D eigenvalue weighted by Crippen LogP contribution is -2.33. The number of benzene rings is 1. The SMILES string of the molecule is O=C(Cn1ncn(-c2ccc(Cl)cn2)c1=O)NCc1ccc(Cl)c(F)c1. The number of hydrogen-bond donors (Lipinski definition) is 1. The van der Waals surface area contributed by atoms with Gasteiger partial charge in [-0.25, -0.2) is 23.4 Å². The highest BCUT2D eigenvalue weighted by Gasteiger charge is 2.11. The van der Waals surface area contributed by atoms with Crippen molar-refractivity contribution in [2.24, 2.45) is 0 Å². The number of nitrogens with one attached hydrogen (secondary N) is 1. The molecule has 2 heterocycles. The number of halogens is 3. The van der Waals surface area contributed by atoms with Crippen molar-refractivity contribution in [2.75, 3.05) is 0 Å². The van der Waals surface area contributed by atoms with E-state index in [1.54, 1.807) is 18.2 Å². The molecule has 134 valence electrons. The van der Waals surface area contributed by atoms with Crippen LogP contribution in [0.1, 0.15) is 5.56 Å². The van der Waals surface area contributed by atoms with Crippen molar-refractivity contribution in [3.63, 3.8) is 0 Å². The van der Waals surface area contributed by atoms with Gasteiger partial charge in [-0.2, -0.15) is 5.10 Å². The molecule has 0 atom stereocenters. The van der Waals surface area contributed by atoms with E-state index in [1.807, 2.05) is 0 Å². The summed E-state index contributed by atoms with van der Waals surface area (Å²) in [6.45, 7) is -0.184. The van der Waals surface area contributed by atoms with Crippen LogP contribution >= 0.6 is 23.2 Å². The van der Waals surface area contributed by atoms with E-state index in [4.69, 9.17) is 23.2 Å². The van der Waals surface area contributed by atoms with Crippen molar-refractivity contribution in [1.29, 1.82) is 0 Å². The first-order valence-corrected chi connectivity index (χ1v) is 8.16. The molecule has 7 nitrogen and oxygen atoms in total. The second-order valence-electron chi connectivity index (χ2n) is 5.30. The fraction of sp³-hybridized carbons (Fsp3) is 0.125. The van der Waals surface area contributed by atoms with Gasteiger partial charge in [0, 0.05) is 12.7 Å². The largest absolute Gasteiger partial charge is 0.352 e. The van der Waals surface area contributed by atoms with Crippen LogP contribution in [0.4, 0.5) is 4.39 Å². The van der Waals surface area contributed by atoms with Crippen LogP contribution in [0.3, 0.4) is 0 Å². The lowest BCUT2D eigenvalue weighted by molar-refractivity contribution is -0.122. The van der Waals surface area contributed by atoms with Crippen LogP contribution in [-0.4, -0.2) is 25.2 Å². The van der Waals surface area contributed by atoms with Crippen molar-refractivity contribution in [3.8, 4) is 5.82 Å². The van der Waals surface area contributed by atoms with Crippen molar-refractivity contribution >= 4 is 29.1 Å². The van der Waals surface area contributed by atoms with E-state index in [9.17, 15) is 14.0 Å². The minimum atomic E-state index is -0.566. The summed E-state index contributed by atoms with van der Waals surface area (Å²) in [4.78, 5) is 28.3. The zero-order valence-electron chi connectivity index (χ0n) is 13.2. The Hall–Kier alpha value is -2.71. The summed E-state index contributed by atoms with van der Waals surface area (Å²) in [5.74, 6) is -0.677. The highest BCUT2D eigenvalue weighted by Crippen LogP contribution is 2.15. The van der Waals surface area contributed by atoms with Crippen molar-refractivity contribution in [1.82, 2.24) is 24.6 Å². The molecule has 0 saturated heterocycles. The van der Waals surface area contributed by atoms with Crippen LogP contribution in [0.2, 0.25) is 10.0 Å². The summed E-state index contributed by atoms with van der Waals surface area (Å²) in [6, 6.07) is 7.38. The maximum absolute atomic E-state index is 13.4. The fourth-order valence-corrected chi connectivity index (χ4v) is 2.38. The molecule has 1 amide bonds. The molecule has 0 aliphatic rings. The number of amides is 1. The Kier molecular flexibility index (Phi) is 5.34. The van der Waals surface area contributed by atoms with Crippen LogP contribution in [0.5, 0.6) is 0 Å². The highest BCUT2D eigenvalue weighted by molar-refractivity contribution is 6.30. The van der Waals surface area contributed by atoms with E-state index < -0.39 is 17.4 Å². The molecule has 3 aromatic rings. The lowest BCUT2D eigenvalue weighted by atomic mass is 10.2. The zero-order chi connectivity index (χ0) is 18.7. The Morgan fingerprint density at radius 2 is 2.04 bits per heavy atom. The molecule has 0 fully saturated rings. The normalized spacial score (nSPS) is 10.7. The van der Waals surface area contributed by atoms with Gasteiger partial charge in [0.2, 0.25) is 5.91 Å². The van der Waals surface area contributed by atoms with Gasteiger partial charge in [0.15, 0.2) is 0 Å². The maximum atomic E-state index is 13.4. The van der Waals surface area contributed by atoms with Gasteiger partial charge in [-0.3, -0.25) is 4.79 Å². The molecular formula is C16H12Cl2FN5O2. The second kappa shape index (κ2) is 7.67. The quantitative estimate of drug-likeness (QED) is 0.717. The number of nitrogens with zero attached hydrogens (tertiary/aromatic N) is 4. The summed E-state index contributed by atoms with van der Waals surface area (Å²) < 4.78 is 15.6. The molecular weight excluding hydrogens is 384 g/mol. The van der Waals surface area contributed by atoms with E-state index in [0.29, 0.717) is 16.4 Å². The third kappa shape index (κ3) is 4.09. The van der Waals surface area contributed by atoms with E-state index in [0.717, 1.165) is 4.68 Å². The van der Waals surface area contributed by atoms with Crippen molar-refractivity contribution < 1.29 is 9.18 Å². The van der Waals surface area contributed by atoms with Crippen LogP contribution in [0.25, 0.3) is 5.82 Å². The summed E-state index contributed by atoms with van der Waals surface area (Å²) in [5, 5.41) is 6.92. The zero-order valence-corrected chi connectivity index (χ0v) is 14.7. The van der Waals surface area contributed by atoms with Gasteiger partial charge in [0.05, 0.1) is 10.0 Å².